The first kappa shape index (κ1) is 21.8. The van der Waals surface area contributed by atoms with E-state index in [-0.39, 0.29) is 18.1 Å². The van der Waals surface area contributed by atoms with E-state index in [1.165, 1.54) is 11.7 Å². The van der Waals surface area contributed by atoms with Gasteiger partial charge >= 0.3 is 6.03 Å². The Balaban J connectivity index is 1.60. The number of hydrogen-bond donors (Lipinski definition) is 2. The van der Waals surface area contributed by atoms with Gasteiger partial charge in [0, 0.05) is 50.9 Å². The van der Waals surface area contributed by atoms with Crippen molar-refractivity contribution in [3.63, 3.8) is 0 Å². The summed E-state index contributed by atoms with van der Waals surface area (Å²) in [6, 6.07) is 4.69. The summed E-state index contributed by atoms with van der Waals surface area (Å²) in [6.45, 7) is 2.76. The Labute approximate surface area is 186 Å². The van der Waals surface area contributed by atoms with Gasteiger partial charge in [-0.2, -0.15) is 0 Å². The van der Waals surface area contributed by atoms with Crippen molar-refractivity contribution in [2.24, 2.45) is 0 Å². The number of carbonyl (C=O) groups is 2. The monoisotopic (exact) mass is 440 g/mol. The second-order valence-corrected chi connectivity index (χ2v) is 7.81. The Bertz CT molecular complexity index is 1050. The molecule has 1 fully saturated rings. The lowest BCUT2D eigenvalue weighted by Gasteiger charge is -2.27. The van der Waals surface area contributed by atoms with E-state index in [1.807, 2.05) is 9.80 Å². The highest BCUT2D eigenvalue weighted by molar-refractivity contribution is 5.95. The first-order valence-electron chi connectivity index (χ1n) is 10.8. The highest BCUT2D eigenvalue weighted by Crippen LogP contribution is 2.34. The molecule has 10 heteroatoms. The van der Waals surface area contributed by atoms with Gasteiger partial charge in [0.05, 0.1) is 12.2 Å². The fourth-order valence-electron chi connectivity index (χ4n) is 3.96. The van der Waals surface area contributed by atoms with Crippen LogP contribution in [0.1, 0.15) is 36.0 Å². The first-order valence-corrected chi connectivity index (χ1v) is 10.8. The summed E-state index contributed by atoms with van der Waals surface area (Å²) >= 11 is 0. The van der Waals surface area contributed by atoms with E-state index in [0.717, 1.165) is 44.5 Å². The van der Waals surface area contributed by atoms with Crippen LogP contribution >= 0.6 is 0 Å². The van der Waals surface area contributed by atoms with Gasteiger partial charge in [-0.3, -0.25) is 14.8 Å². The Kier molecular flexibility index (Phi) is 6.69. The number of carbonyl (C=O) groups excluding carboxylic acids is 2. The molecule has 32 heavy (non-hydrogen) atoms. The number of nitrogens with one attached hydrogen (secondary N) is 2. The fourth-order valence-corrected chi connectivity index (χ4v) is 3.96. The van der Waals surface area contributed by atoms with Crippen LogP contribution in [0, 0.1) is 5.41 Å². The normalized spacial score (nSPS) is 16.0. The number of piperidine rings is 1. The Hall–Kier alpha value is -3.40. The average molecular weight is 441 g/mol. The highest BCUT2D eigenvalue weighted by atomic mass is 16.5. The van der Waals surface area contributed by atoms with Gasteiger partial charge < -0.3 is 24.6 Å². The molecular formula is C22H28N6O4. The second-order valence-electron chi connectivity index (χ2n) is 7.81. The van der Waals surface area contributed by atoms with Gasteiger partial charge in [0.15, 0.2) is 11.6 Å². The van der Waals surface area contributed by atoms with Crippen LogP contribution < -0.4 is 20.4 Å². The third-order valence-corrected chi connectivity index (χ3v) is 5.60. The van der Waals surface area contributed by atoms with Crippen LogP contribution in [0.5, 0.6) is 5.75 Å². The summed E-state index contributed by atoms with van der Waals surface area (Å²) in [5, 5.41) is 10.8. The molecular weight excluding hydrogens is 412 g/mol. The largest absolute Gasteiger partial charge is 0.490 e. The van der Waals surface area contributed by atoms with Gasteiger partial charge in [0.25, 0.3) is 5.91 Å². The number of pyridine rings is 2. The van der Waals surface area contributed by atoms with E-state index in [0.29, 0.717) is 30.3 Å². The zero-order valence-electron chi connectivity index (χ0n) is 18.2. The summed E-state index contributed by atoms with van der Waals surface area (Å²) < 4.78 is 12.0. The number of aromatic nitrogens is 2. The van der Waals surface area contributed by atoms with Crippen molar-refractivity contribution in [2.75, 3.05) is 45.0 Å². The molecule has 170 valence electrons. The number of fused-ring (bicyclic) bond motifs is 1. The molecule has 0 spiro atoms. The summed E-state index contributed by atoms with van der Waals surface area (Å²) in [5.41, 5.74) is 1.27. The number of likely N-dealkylation sites (tertiary alicyclic amines) is 1. The minimum Gasteiger partial charge on any atom is -0.490 e. The minimum absolute atomic E-state index is 0.0179. The van der Waals surface area contributed by atoms with Crippen LogP contribution in [-0.4, -0.2) is 66.5 Å². The van der Waals surface area contributed by atoms with Gasteiger partial charge in [-0.25, -0.2) is 9.78 Å². The smallest absolute Gasteiger partial charge is 0.328 e. The Morgan fingerprint density at radius 2 is 2.00 bits per heavy atom. The van der Waals surface area contributed by atoms with Crippen molar-refractivity contribution in [1.29, 1.82) is 5.41 Å². The van der Waals surface area contributed by atoms with Crippen molar-refractivity contribution >= 4 is 23.4 Å². The molecule has 2 aromatic rings. The van der Waals surface area contributed by atoms with Crippen LogP contribution in [0.3, 0.4) is 0 Å². The molecule has 0 radical (unpaired) electrons. The van der Waals surface area contributed by atoms with Crippen molar-refractivity contribution in [1.82, 2.24) is 19.8 Å². The zero-order valence-corrected chi connectivity index (χ0v) is 18.2. The molecule has 4 heterocycles. The number of ether oxygens (including phenoxy) is 2. The molecule has 2 aliphatic heterocycles. The van der Waals surface area contributed by atoms with Crippen molar-refractivity contribution < 1.29 is 19.1 Å². The number of methoxy groups -OCH3 is 1. The first-order chi connectivity index (χ1) is 15.6. The molecule has 2 amide bonds. The molecule has 0 atom stereocenters. The molecule has 2 aliphatic rings. The lowest BCUT2D eigenvalue weighted by atomic mass is 10.1. The molecule has 0 saturated carbocycles. The third-order valence-electron chi connectivity index (χ3n) is 5.60. The summed E-state index contributed by atoms with van der Waals surface area (Å²) in [5.74, 6) is 1.13. The van der Waals surface area contributed by atoms with Crippen LogP contribution in [0.15, 0.2) is 30.6 Å². The molecule has 0 unspecified atom stereocenters. The van der Waals surface area contributed by atoms with E-state index in [9.17, 15) is 9.59 Å². The molecule has 0 aromatic carbocycles. The molecule has 2 N–H and O–H groups in total. The average Bonchev–Trinajstić information content (AvgIpc) is 3.04. The van der Waals surface area contributed by atoms with E-state index in [2.05, 4.69) is 10.3 Å². The molecule has 0 aliphatic carbocycles. The predicted molar refractivity (Wildman–Crippen MR) is 117 cm³/mol. The van der Waals surface area contributed by atoms with E-state index in [4.69, 9.17) is 14.9 Å². The van der Waals surface area contributed by atoms with Crippen LogP contribution in [-0.2, 0) is 4.74 Å². The van der Waals surface area contributed by atoms with E-state index in [1.54, 1.807) is 30.6 Å². The van der Waals surface area contributed by atoms with Gasteiger partial charge in [-0.15, -0.1) is 0 Å². The predicted octanol–water partition coefficient (Wildman–Crippen LogP) is 2.07. The summed E-state index contributed by atoms with van der Waals surface area (Å²) in [7, 11) is 1.48. The van der Waals surface area contributed by atoms with Crippen LogP contribution in [0.25, 0.3) is 0 Å². The topological polar surface area (TPSA) is 113 Å². The molecule has 1 saturated heterocycles. The minimum atomic E-state index is -0.443. The maximum Gasteiger partial charge on any atom is 0.328 e. The van der Waals surface area contributed by atoms with Gasteiger partial charge in [-0.1, -0.05) is 0 Å². The SMILES string of the molecule is COCNC(=O)n1ccc(N2CCCOc3cc(C(=O)N4CCCCC4)cnc32)cc1=N. The molecule has 4 rings (SSSR count). The molecule has 2 aromatic heterocycles. The standard InChI is InChI=1S/C22H28N6O4/c1-31-15-25-22(30)28-10-6-17(13-19(28)23)27-9-5-11-32-18-12-16(14-24-20(18)27)21(29)26-7-3-2-4-8-26/h6,10,12-14,23H,2-5,7-9,11,15H2,1H3,(H,25,30). The maximum atomic E-state index is 12.9. The Morgan fingerprint density at radius 3 is 2.75 bits per heavy atom. The van der Waals surface area contributed by atoms with E-state index >= 15 is 0 Å². The highest BCUT2D eigenvalue weighted by Gasteiger charge is 2.24. The van der Waals surface area contributed by atoms with Crippen molar-refractivity contribution in [2.45, 2.75) is 25.7 Å². The number of anilines is 2. The maximum absolute atomic E-state index is 12.9. The molecule has 0 bridgehead atoms. The van der Waals surface area contributed by atoms with Gasteiger partial charge in [0.1, 0.15) is 12.2 Å². The van der Waals surface area contributed by atoms with Crippen LogP contribution in [0.2, 0.25) is 0 Å². The third kappa shape index (κ3) is 4.59. The lowest BCUT2D eigenvalue weighted by molar-refractivity contribution is 0.0723. The lowest BCUT2D eigenvalue weighted by Crippen LogP contribution is -2.37. The number of nitrogens with zero attached hydrogens (tertiary/aromatic N) is 4. The molecule has 10 nitrogen and oxygen atoms in total. The van der Waals surface area contributed by atoms with Crippen LogP contribution in [0.4, 0.5) is 16.3 Å². The van der Waals surface area contributed by atoms with Crippen molar-refractivity contribution in [3.05, 3.63) is 41.6 Å². The number of rotatable bonds is 4. The summed E-state index contributed by atoms with van der Waals surface area (Å²) in [6.07, 6.45) is 7.11. The summed E-state index contributed by atoms with van der Waals surface area (Å²) in [4.78, 5) is 33.4. The van der Waals surface area contributed by atoms with E-state index < -0.39 is 6.03 Å². The van der Waals surface area contributed by atoms with Crippen molar-refractivity contribution in [3.8, 4) is 5.75 Å². The Morgan fingerprint density at radius 1 is 1.19 bits per heavy atom. The fraction of sp³-hybridized carbons (Fsp3) is 0.455. The number of hydrogen-bond acceptors (Lipinski definition) is 7. The number of amides is 2. The second kappa shape index (κ2) is 9.82. The van der Waals surface area contributed by atoms with Gasteiger partial charge in [0.2, 0.25) is 0 Å². The van der Waals surface area contributed by atoms with Gasteiger partial charge in [-0.05, 0) is 37.8 Å². The zero-order chi connectivity index (χ0) is 22.5. The quantitative estimate of drug-likeness (QED) is 0.704.